The summed E-state index contributed by atoms with van der Waals surface area (Å²) in [6, 6.07) is 12.9. The van der Waals surface area contributed by atoms with Crippen molar-refractivity contribution in [3.63, 3.8) is 0 Å². The summed E-state index contributed by atoms with van der Waals surface area (Å²) < 4.78 is 63.4. The van der Waals surface area contributed by atoms with Gasteiger partial charge < -0.3 is 17.7 Å². The number of rotatable bonds is 7. The first kappa shape index (κ1) is 21.8. The zero-order valence-corrected chi connectivity index (χ0v) is 17.2. The first-order valence-corrected chi connectivity index (χ1v) is 10.8. The van der Waals surface area contributed by atoms with E-state index in [1.165, 1.54) is 0 Å². The van der Waals surface area contributed by atoms with Crippen LogP contribution in [0, 0.1) is 0 Å². The van der Waals surface area contributed by atoms with E-state index < -0.39 is 22.7 Å². The number of hydrogen-bond donors (Lipinski definition) is 0. The number of amides is 1. The number of unbranched alkanes of at least 4 members (excludes halogenated alkanes) is 1. The molecule has 1 aromatic carbocycles. The summed E-state index contributed by atoms with van der Waals surface area (Å²) in [7, 11) is -2.23. The Morgan fingerprint density at radius 1 is 1.19 bits per heavy atom. The summed E-state index contributed by atoms with van der Waals surface area (Å²) in [5.41, 5.74) is 1.98. The number of fused-ring (bicyclic) bond motifs is 2. The fourth-order valence-electron chi connectivity index (χ4n) is 2.90. The molecule has 1 amide bonds. The van der Waals surface area contributed by atoms with E-state index in [-0.39, 0.29) is 18.8 Å². The van der Waals surface area contributed by atoms with Gasteiger partial charge in [-0.05, 0) is 24.6 Å². The Labute approximate surface area is 181 Å². The highest BCUT2D eigenvalue weighted by Crippen LogP contribution is 2.28. The van der Waals surface area contributed by atoms with Gasteiger partial charge in [0.2, 0.25) is 5.88 Å². The number of imidazole rings is 1. The van der Waals surface area contributed by atoms with Gasteiger partial charge in [0.05, 0.1) is 12.8 Å². The van der Waals surface area contributed by atoms with Crippen LogP contribution in [0.5, 0.6) is 5.88 Å². The molecular formula is C20H16F3N4O4S-. The summed E-state index contributed by atoms with van der Waals surface area (Å²) in [5, 5.41) is 5.35. The molecule has 0 aliphatic heterocycles. The molecule has 0 N–H and O–H groups in total. The third-order valence-corrected chi connectivity index (χ3v) is 5.41. The summed E-state index contributed by atoms with van der Waals surface area (Å²) in [6.45, 7) is 0.192. The Hall–Kier alpha value is -3.41. The van der Waals surface area contributed by atoms with Crippen LogP contribution in [0.25, 0.3) is 28.1 Å². The van der Waals surface area contributed by atoms with Gasteiger partial charge in [-0.2, -0.15) is 23.8 Å². The van der Waals surface area contributed by atoms with Crippen molar-refractivity contribution < 1.29 is 31.3 Å². The molecule has 12 heteroatoms. The van der Waals surface area contributed by atoms with E-state index in [1.807, 2.05) is 30.3 Å². The van der Waals surface area contributed by atoms with Gasteiger partial charge in [-0.1, -0.05) is 30.4 Å². The van der Waals surface area contributed by atoms with Crippen molar-refractivity contribution in [2.45, 2.75) is 19.0 Å². The average Bonchev–Trinajstić information content (AvgIpc) is 3.36. The van der Waals surface area contributed by atoms with Crippen LogP contribution in [-0.2, 0) is 19.6 Å². The van der Waals surface area contributed by atoms with Crippen LogP contribution in [0.2, 0.25) is 0 Å². The topological polar surface area (TPSA) is 99.1 Å². The average molecular weight is 465 g/mol. The Bertz CT molecular complexity index is 1320. The second kappa shape index (κ2) is 8.99. The minimum atomic E-state index is -5.11. The molecule has 3 heterocycles. The summed E-state index contributed by atoms with van der Waals surface area (Å²) >= 11 is 0. The second-order valence-electron chi connectivity index (χ2n) is 6.71. The van der Waals surface area contributed by atoms with E-state index in [1.54, 1.807) is 22.8 Å². The molecule has 0 aliphatic rings. The normalized spacial score (nSPS) is 13.1. The fourth-order valence-corrected chi connectivity index (χ4v) is 3.73. The first-order chi connectivity index (χ1) is 15.3. The van der Waals surface area contributed by atoms with Gasteiger partial charge >= 0.3 is 12.1 Å². The number of para-hydroxylation sites is 1. The molecule has 0 spiro atoms. The number of nitrogens with zero attached hydrogens (tertiary/aromatic N) is 4. The lowest BCUT2D eigenvalue weighted by Gasteiger charge is -2.08. The number of alkyl halides is 3. The van der Waals surface area contributed by atoms with Crippen molar-refractivity contribution in [1.29, 1.82) is 0 Å². The Morgan fingerprint density at radius 3 is 2.78 bits per heavy atom. The number of furan rings is 1. The molecule has 0 aliphatic carbocycles. The molecule has 4 rings (SSSR count). The number of hydrogen-bond acceptors (Lipinski definition) is 7. The highest BCUT2D eigenvalue weighted by molar-refractivity contribution is 7.75. The third kappa shape index (κ3) is 4.90. The molecule has 0 bridgehead atoms. The van der Waals surface area contributed by atoms with Crippen LogP contribution < -0.4 is 4.74 Å². The first-order valence-electron chi connectivity index (χ1n) is 9.49. The maximum Gasteiger partial charge on any atom is 0.471 e. The zero-order chi connectivity index (χ0) is 22.7. The van der Waals surface area contributed by atoms with Crippen LogP contribution in [-0.4, -0.2) is 39.0 Å². The minimum absolute atomic E-state index is 0.171. The standard InChI is InChI=1S/C20H16F3N4O4S/c21-20(22,23)19(28)26-32(29)10-4-3-9-30-18-8-7-17-24-12-14(27(17)25-18)16-11-13-5-1-2-6-15(13)31-16/h1-2,5-8,11-12H,3-4,9-10H2/q-1. The predicted molar refractivity (Wildman–Crippen MR) is 109 cm³/mol. The third-order valence-electron chi connectivity index (χ3n) is 4.41. The van der Waals surface area contributed by atoms with Gasteiger partial charge in [-0.25, -0.2) is 9.50 Å². The van der Waals surface area contributed by atoms with Crippen molar-refractivity contribution in [3.8, 4) is 17.3 Å². The molecule has 32 heavy (non-hydrogen) atoms. The van der Waals surface area contributed by atoms with Crippen molar-refractivity contribution in [3.05, 3.63) is 48.7 Å². The van der Waals surface area contributed by atoms with Gasteiger partial charge in [0.1, 0.15) is 11.3 Å². The minimum Gasteiger partial charge on any atom is -0.477 e. The molecule has 0 radical (unpaired) electrons. The van der Waals surface area contributed by atoms with E-state index in [2.05, 4.69) is 14.4 Å². The van der Waals surface area contributed by atoms with E-state index in [4.69, 9.17) is 9.15 Å². The molecule has 0 unspecified atom stereocenters. The number of ether oxygens (including phenoxy) is 1. The maximum absolute atomic E-state index is 12.1. The molecular weight excluding hydrogens is 449 g/mol. The van der Waals surface area contributed by atoms with Gasteiger partial charge in [0.25, 0.3) is 0 Å². The quantitative estimate of drug-likeness (QED) is 0.294. The van der Waals surface area contributed by atoms with Gasteiger partial charge in [-0.15, -0.1) is 5.10 Å². The van der Waals surface area contributed by atoms with Crippen LogP contribution in [0.15, 0.2) is 57.4 Å². The fraction of sp³-hybridized carbons (Fsp3) is 0.250. The number of halogens is 3. The van der Waals surface area contributed by atoms with Crippen LogP contribution >= 0.6 is 0 Å². The highest BCUT2D eigenvalue weighted by Gasteiger charge is 2.36. The number of carbonyl (C=O) groups excluding carboxylic acids is 1. The Kier molecular flexibility index (Phi) is 6.12. The highest BCUT2D eigenvalue weighted by atomic mass is 32.2. The van der Waals surface area contributed by atoms with Gasteiger partial charge in [-0.3, -0.25) is 4.79 Å². The molecule has 0 saturated heterocycles. The monoisotopic (exact) mass is 465 g/mol. The van der Waals surface area contributed by atoms with Gasteiger partial charge in [0.15, 0.2) is 11.4 Å². The molecule has 8 nitrogen and oxygen atoms in total. The van der Waals surface area contributed by atoms with Crippen LogP contribution in [0.1, 0.15) is 12.8 Å². The van der Waals surface area contributed by atoms with E-state index in [9.17, 15) is 22.2 Å². The summed E-state index contributed by atoms with van der Waals surface area (Å²) in [4.78, 5) is 15.0. The van der Waals surface area contributed by atoms with Crippen LogP contribution in [0.3, 0.4) is 0 Å². The SMILES string of the molecule is O=C(N=[S-](=O)CCCCOc1ccc2ncc(-c3cc4ccccc4o3)n2n1)C(F)(F)F. The predicted octanol–water partition coefficient (Wildman–Crippen LogP) is 4.54. The smallest absolute Gasteiger partial charge is 0.471 e. The maximum atomic E-state index is 12.1. The lowest BCUT2D eigenvalue weighted by atomic mass is 10.2. The van der Waals surface area contributed by atoms with E-state index in [0.717, 1.165) is 11.0 Å². The molecule has 168 valence electrons. The van der Waals surface area contributed by atoms with Crippen molar-refractivity contribution >= 4 is 33.1 Å². The molecule has 0 atom stereocenters. The second-order valence-corrected chi connectivity index (χ2v) is 7.94. The Balaban J connectivity index is 1.37. The van der Waals surface area contributed by atoms with E-state index >= 15 is 0 Å². The van der Waals surface area contributed by atoms with Crippen LogP contribution in [0.4, 0.5) is 13.2 Å². The zero-order valence-electron chi connectivity index (χ0n) is 16.4. The molecule has 0 saturated carbocycles. The number of carbonyl (C=O) groups is 1. The summed E-state index contributed by atoms with van der Waals surface area (Å²) in [6.07, 6.45) is -2.82. The number of aromatic nitrogens is 3. The largest absolute Gasteiger partial charge is 0.477 e. The van der Waals surface area contributed by atoms with Gasteiger partial charge in [0, 0.05) is 11.5 Å². The van der Waals surface area contributed by atoms with Crippen molar-refractivity contribution in [2.24, 2.45) is 4.36 Å². The lowest BCUT2D eigenvalue weighted by molar-refractivity contribution is -0.169. The molecule has 0 fully saturated rings. The van der Waals surface area contributed by atoms with Crippen molar-refractivity contribution in [1.82, 2.24) is 14.6 Å². The number of benzene rings is 1. The lowest BCUT2D eigenvalue weighted by Crippen LogP contribution is -2.20. The summed E-state index contributed by atoms with van der Waals surface area (Å²) in [5.74, 6) is -1.60. The molecule has 4 aromatic rings. The van der Waals surface area contributed by atoms with E-state index in [0.29, 0.717) is 29.4 Å². The molecule has 3 aromatic heterocycles. The van der Waals surface area contributed by atoms with Crippen molar-refractivity contribution in [2.75, 3.05) is 12.4 Å². The Morgan fingerprint density at radius 2 is 2.00 bits per heavy atom.